The highest BCUT2D eigenvalue weighted by Crippen LogP contribution is 2.17. The van der Waals surface area contributed by atoms with Crippen LogP contribution < -0.4 is 20.2 Å². The maximum absolute atomic E-state index is 12.1. The normalized spacial score (nSPS) is 10.4. The van der Waals surface area contributed by atoms with E-state index in [9.17, 15) is 24.5 Å². The van der Waals surface area contributed by atoms with Crippen molar-refractivity contribution in [1.29, 1.82) is 0 Å². The number of nitro benzene ring substituents is 1. The fraction of sp³-hybridized carbons (Fsp3) is 0.0435. The van der Waals surface area contributed by atoms with Gasteiger partial charge in [-0.25, -0.2) is 10.2 Å². The quantitative estimate of drug-likeness (QED) is 0.137. The number of benzene rings is 3. The van der Waals surface area contributed by atoms with E-state index in [2.05, 4.69) is 15.8 Å². The predicted octanol–water partition coefficient (Wildman–Crippen LogP) is 2.91. The summed E-state index contributed by atoms with van der Waals surface area (Å²) in [4.78, 5) is 46.0. The van der Waals surface area contributed by atoms with Crippen molar-refractivity contribution in [1.82, 2.24) is 5.43 Å². The Morgan fingerprint density at radius 1 is 0.882 bits per heavy atom. The number of nitrogens with one attached hydrogen (secondary N) is 2. The highest BCUT2D eigenvalue weighted by molar-refractivity contribution is 6.39. The minimum atomic E-state index is -0.958. The van der Waals surface area contributed by atoms with Gasteiger partial charge in [-0.05, 0) is 66.2 Å². The van der Waals surface area contributed by atoms with Gasteiger partial charge in [-0.2, -0.15) is 5.10 Å². The Morgan fingerprint density at radius 2 is 1.50 bits per heavy atom. The molecule has 0 saturated heterocycles. The van der Waals surface area contributed by atoms with E-state index in [-0.39, 0.29) is 17.0 Å². The smallest absolute Gasteiger partial charge is 0.343 e. The number of methoxy groups -OCH3 is 1. The van der Waals surface area contributed by atoms with Crippen LogP contribution >= 0.6 is 0 Å². The third-order valence-corrected chi connectivity index (χ3v) is 4.34. The van der Waals surface area contributed by atoms with Crippen LogP contribution in [0.1, 0.15) is 15.9 Å². The van der Waals surface area contributed by atoms with Crippen LogP contribution in [-0.2, 0) is 9.59 Å². The van der Waals surface area contributed by atoms with Crippen molar-refractivity contribution < 1.29 is 28.8 Å². The highest BCUT2D eigenvalue weighted by Gasteiger charge is 2.13. The fourth-order valence-corrected chi connectivity index (χ4v) is 2.59. The van der Waals surface area contributed by atoms with Gasteiger partial charge in [0.05, 0.1) is 23.8 Å². The number of ether oxygens (including phenoxy) is 2. The van der Waals surface area contributed by atoms with Gasteiger partial charge in [0.2, 0.25) is 0 Å². The summed E-state index contributed by atoms with van der Waals surface area (Å²) < 4.78 is 10.2. The van der Waals surface area contributed by atoms with E-state index in [1.165, 1.54) is 49.7 Å². The zero-order chi connectivity index (χ0) is 24.5. The Kier molecular flexibility index (Phi) is 7.63. The highest BCUT2D eigenvalue weighted by atomic mass is 16.6. The van der Waals surface area contributed by atoms with E-state index >= 15 is 0 Å². The van der Waals surface area contributed by atoms with E-state index in [0.717, 1.165) is 0 Å². The number of anilines is 1. The van der Waals surface area contributed by atoms with Crippen molar-refractivity contribution >= 4 is 35.4 Å². The van der Waals surface area contributed by atoms with E-state index in [0.29, 0.717) is 17.0 Å². The van der Waals surface area contributed by atoms with E-state index in [1.807, 2.05) is 0 Å². The molecule has 0 radical (unpaired) electrons. The molecule has 0 aliphatic carbocycles. The summed E-state index contributed by atoms with van der Waals surface area (Å²) in [6.45, 7) is 0. The second-order valence-corrected chi connectivity index (χ2v) is 6.64. The summed E-state index contributed by atoms with van der Waals surface area (Å²) in [5.74, 6) is -1.68. The SMILES string of the molecule is COc1ccc(NC(=O)C(=O)N/N=C/c2ccc(OC(=O)c3ccc([N+](=O)[O-])cc3)cc2)cc1. The third kappa shape index (κ3) is 6.47. The van der Waals surface area contributed by atoms with Crippen molar-refractivity contribution in [2.45, 2.75) is 0 Å². The number of amides is 2. The fourth-order valence-electron chi connectivity index (χ4n) is 2.59. The predicted molar refractivity (Wildman–Crippen MR) is 122 cm³/mol. The van der Waals surface area contributed by atoms with Crippen LogP contribution in [0.3, 0.4) is 0 Å². The zero-order valence-electron chi connectivity index (χ0n) is 17.8. The first-order chi connectivity index (χ1) is 16.4. The summed E-state index contributed by atoms with van der Waals surface area (Å²) in [7, 11) is 1.51. The monoisotopic (exact) mass is 462 g/mol. The summed E-state index contributed by atoms with van der Waals surface area (Å²) in [6, 6.07) is 17.6. The maximum atomic E-state index is 12.1. The molecule has 2 N–H and O–H groups in total. The molecule has 0 atom stereocenters. The number of hydrogen-bond acceptors (Lipinski definition) is 8. The number of non-ortho nitro benzene ring substituents is 1. The average Bonchev–Trinajstić information content (AvgIpc) is 2.85. The molecule has 0 spiro atoms. The molecule has 0 aliphatic heterocycles. The Balaban J connectivity index is 1.49. The van der Waals surface area contributed by atoms with Gasteiger partial charge in [0.1, 0.15) is 11.5 Å². The standard InChI is InChI=1S/C23H18N4O7/c1-33-19-12-6-17(7-13-19)25-21(28)22(29)26-24-14-15-2-10-20(11-3-15)34-23(30)16-4-8-18(9-5-16)27(31)32/h2-14H,1H3,(H,25,28)(H,26,29)/b24-14+. The third-order valence-electron chi connectivity index (χ3n) is 4.34. The Morgan fingerprint density at radius 3 is 2.09 bits per heavy atom. The lowest BCUT2D eigenvalue weighted by molar-refractivity contribution is -0.384. The number of hydrazone groups is 1. The molecule has 0 bridgehead atoms. The number of rotatable bonds is 7. The second-order valence-electron chi connectivity index (χ2n) is 6.64. The molecule has 34 heavy (non-hydrogen) atoms. The molecule has 172 valence electrons. The molecular weight excluding hydrogens is 444 g/mol. The maximum Gasteiger partial charge on any atom is 0.343 e. The first kappa shape index (κ1) is 23.6. The molecule has 3 aromatic rings. The Labute approximate surface area is 193 Å². The van der Waals surface area contributed by atoms with Gasteiger partial charge in [-0.1, -0.05) is 0 Å². The minimum Gasteiger partial charge on any atom is -0.497 e. The number of carbonyl (C=O) groups excluding carboxylic acids is 3. The lowest BCUT2D eigenvalue weighted by Gasteiger charge is -2.05. The molecule has 3 aromatic carbocycles. The lowest BCUT2D eigenvalue weighted by atomic mass is 10.2. The molecule has 11 heteroatoms. The van der Waals surface area contributed by atoms with Crippen LogP contribution in [0, 0.1) is 10.1 Å². The van der Waals surface area contributed by atoms with Crippen molar-refractivity contribution in [2.24, 2.45) is 5.10 Å². The Hall–Kier alpha value is -5.06. The molecule has 0 unspecified atom stereocenters. The van der Waals surface area contributed by atoms with Crippen LogP contribution in [0.5, 0.6) is 11.5 Å². The number of nitro groups is 1. The largest absolute Gasteiger partial charge is 0.497 e. The van der Waals surface area contributed by atoms with Gasteiger partial charge < -0.3 is 14.8 Å². The molecule has 2 amide bonds. The Bertz CT molecular complexity index is 1220. The van der Waals surface area contributed by atoms with Crippen molar-refractivity contribution in [3.8, 4) is 11.5 Å². The summed E-state index contributed by atoms with van der Waals surface area (Å²) in [5.41, 5.74) is 3.12. The molecule has 0 aliphatic rings. The van der Waals surface area contributed by atoms with Gasteiger partial charge in [-0.15, -0.1) is 0 Å². The van der Waals surface area contributed by atoms with Crippen molar-refractivity contribution in [3.05, 3.63) is 94.0 Å². The van der Waals surface area contributed by atoms with E-state index in [4.69, 9.17) is 9.47 Å². The number of carbonyl (C=O) groups is 3. The molecule has 0 saturated carbocycles. The summed E-state index contributed by atoms with van der Waals surface area (Å²) in [6.07, 6.45) is 1.31. The molecule has 0 heterocycles. The number of hydrogen-bond donors (Lipinski definition) is 2. The molecule has 3 rings (SSSR count). The first-order valence-electron chi connectivity index (χ1n) is 9.71. The van der Waals surface area contributed by atoms with Crippen LogP contribution in [-0.4, -0.2) is 36.0 Å². The number of nitrogens with zero attached hydrogens (tertiary/aromatic N) is 2. The van der Waals surface area contributed by atoms with Crippen LogP contribution in [0.15, 0.2) is 77.9 Å². The van der Waals surface area contributed by atoms with Gasteiger partial charge in [0.15, 0.2) is 0 Å². The van der Waals surface area contributed by atoms with Crippen molar-refractivity contribution in [3.63, 3.8) is 0 Å². The van der Waals surface area contributed by atoms with Crippen molar-refractivity contribution in [2.75, 3.05) is 12.4 Å². The number of esters is 1. The van der Waals surface area contributed by atoms with Crippen LogP contribution in [0.4, 0.5) is 11.4 Å². The van der Waals surface area contributed by atoms with E-state index < -0.39 is 22.7 Å². The molecule has 11 nitrogen and oxygen atoms in total. The van der Waals surface area contributed by atoms with Gasteiger partial charge in [0, 0.05) is 17.8 Å². The van der Waals surface area contributed by atoms with Crippen LogP contribution in [0.25, 0.3) is 0 Å². The molecule has 0 fully saturated rings. The summed E-state index contributed by atoms with van der Waals surface area (Å²) >= 11 is 0. The summed E-state index contributed by atoms with van der Waals surface area (Å²) in [5, 5.41) is 16.8. The average molecular weight is 462 g/mol. The molecular formula is C23H18N4O7. The zero-order valence-corrected chi connectivity index (χ0v) is 17.8. The first-order valence-corrected chi connectivity index (χ1v) is 9.71. The molecule has 0 aromatic heterocycles. The van der Waals surface area contributed by atoms with Gasteiger partial charge in [-0.3, -0.25) is 19.7 Å². The van der Waals surface area contributed by atoms with Crippen LogP contribution in [0.2, 0.25) is 0 Å². The van der Waals surface area contributed by atoms with E-state index in [1.54, 1.807) is 36.4 Å². The topological polar surface area (TPSA) is 149 Å². The second kappa shape index (κ2) is 11.0. The van der Waals surface area contributed by atoms with Gasteiger partial charge in [0.25, 0.3) is 5.69 Å². The minimum absolute atomic E-state index is 0.134. The lowest BCUT2D eigenvalue weighted by Crippen LogP contribution is -2.32. The van der Waals surface area contributed by atoms with Gasteiger partial charge >= 0.3 is 17.8 Å².